The first-order chi connectivity index (χ1) is 7.00. The van der Waals surface area contributed by atoms with Crippen LogP contribution in [0.2, 0.25) is 0 Å². The van der Waals surface area contributed by atoms with E-state index in [9.17, 15) is 0 Å². The Morgan fingerprint density at radius 1 is 1.27 bits per heavy atom. The highest BCUT2D eigenvalue weighted by atomic mass is 14.7. The second-order valence-corrected chi connectivity index (χ2v) is 4.70. The van der Waals surface area contributed by atoms with E-state index in [1.165, 1.54) is 11.3 Å². The monoisotopic (exact) mass is 203 g/mol. The normalized spacial score (nSPS) is 11.1. The first kappa shape index (κ1) is 12.0. The molecule has 1 heterocycles. The van der Waals surface area contributed by atoms with E-state index in [0.29, 0.717) is 11.8 Å². The zero-order chi connectivity index (χ0) is 11.4. The van der Waals surface area contributed by atoms with Crippen LogP contribution in [0.15, 0.2) is 30.4 Å². The van der Waals surface area contributed by atoms with Crippen LogP contribution in [0.3, 0.4) is 0 Å². The Kier molecular flexibility index (Phi) is 4.07. The summed E-state index contributed by atoms with van der Waals surface area (Å²) in [5.41, 5.74) is 3.56. The van der Waals surface area contributed by atoms with Crippen molar-refractivity contribution in [2.45, 2.75) is 40.0 Å². The Hall–Kier alpha value is -1.11. The molecule has 1 aromatic rings. The highest BCUT2D eigenvalue weighted by Gasteiger charge is 2.05. The van der Waals surface area contributed by atoms with E-state index in [2.05, 4.69) is 57.5 Å². The van der Waals surface area contributed by atoms with Crippen LogP contribution in [0.5, 0.6) is 0 Å². The summed E-state index contributed by atoms with van der Waals surface area (Å²) in [7, 11) is 0. The predicted octanol–water partition coefficient (Wildman–Crippen LogP) is 3.96. The Balaban J connectivity index is 2.78. The second-order valence-electron chi connectivity index (χ2n) is 4.70. The van der Waals surface area contributed by atoms with Crippen LogP contribution in [-0.4, -0.2) is 4.98 Å². The standard InChI is InChI=1S/C14H21N/c1-10(2)12(5)9-13-7-6-8-14(15-13)11(3)4/h6-8,10-11H,5,9H2,1-4H3. The molecule has 0 saturated carbocycles. The molecule has 0 aliphatic rings. The van der Waals surface area contributed by atoms with Gasteiger partial charge in [0.1, 0.15) is 0 Å². The minimum absolute atomic E-state index is 0.497. The Morgan fingerprint density at radius 2 is 1.93 bits per heavy atom. The van der Waals surface area contributed by atoms with Crippen molar-refractivity contribution in [3.05, 3.63) is 41.7 Å². The van der Waals surface area contributed by atoms with E-state index in [1.54, 1.807) is 0 Å². The van der Waals surface area contributed by atoms with Crippen molar-refractivity contribution in [1.29, 1.82) is 0 Å². The zero-order valence-corrected chi connectivity index (χ0v) is 10.2. The number of aromatic nitrogens is 1. The molecule has 82 valence electrons. The first-order valence-corrected chi connectivity index (χ1v) is 5.64. The molecule has 0 amide bonds. The summed E-state index contributed by atoms with van der Waals surface area (Å²) >= 11 is 0. The number of hydrogen-bond acceptors (Lipinski definition) is 1. The SMILES string of the molecule is C=C(Cc1cccc(C(C)C)n1)C(C)C. The molecular formula is C14H21N. The third-order valence-electron chi connectivity index (χ3n) is 2.64. The van der Waals surface area contributed by atoms with E-state index in [4.69, 9.17) is 0 Å². The molecule has 15 heavy (non-hydrogen) atoms. The van der Waals surface area contributed by atoms with Crippen LogP contribution in [-0.2, 0) is 6.42 Å². The summed E-state index contributed by atoms with van der Waals surface area (Å²) in [6, 6.07) is 6.26. The summed E-state index contributed by atoms with van der Waals surface area (Å²) in [4.78, 5) is 4.63. The molecular weight excluding hydrogens is 182 g/mol. The fourth-order valence-corrected chi connectivity index (χ4v) is 1.35. The molecule has 0 fully saturated rings. The van der Waals surface area contributed by atoms with Gasteiger partial charge in [-0.05, 0) is 24.0 Å². The molecule has 0 bridgehead atoms. The smallest absolute Gasteiger partial charge is 0.0447 e. The second kappa shape index (κ2) is 5.11. The lowest BCUT2D eigenvalue weighted by atomic mass is 9.99. The molecule has 0 radical (unpaired) electrons. The van der Waals surface area contributed by atoms with Gasteiger partial charge in [-0.2, -0.15) is 0 Å². The first-order valence-electron chi connectivity index (χ1n) is 5.64. The fourth-order valence-electron chi connectivity index (χ4n) is 1.35. The van der Waals surface area contributed by atoms with Crippen LogP contribution in [0.25, 0.3) is 0 Å². The molecule has 1 rings (SSSR count). The molecule has 1 nitrogen and oxygen atoms in total. The van der Waals surface area contributed by atoms with Gasteiger partial charge in [-0.1, -0.05) is 45.9 Å². The van der Waals surface area contributed by atoms with E-state index < -0.39 is 0 Å². The van der Waals surface area contributed by atoms with Gasteiger partial charge < -0.3 is 0 Å². The third-order valence-corrected chi connectivity index (χ3v) is 2.64. The van der Waals surface area contributed by atoms with Crippen LogP contribution in [0.4, 0.5) is 0 Å². The maximum absolute atomic E-state index is 4.63. The van der Waals surface area contributed by atoms with E-state index in [1.807, 2.05) is 0 Å². The molecule has 0 spiro atoms. The third kappa shape index (κ3) is 3.50. The summed E-state index contributed by atoms with van der Waals surface area (Å²) in [5.74, 6) is 1.03. The summed E-state index contributed by atoms with van der Waals surface area (Å²) in [6.45, 7) is 12.8. The van der Waals surface area contributed by atoms with E-state index in [-0.39, 0.29) is 0 Å². The number of nitrogens with zero attached hydrogens (tertiary/aromatic N) is 1. The topological polar surface area (TPSA) is 12.9 Å². The van der Waals surface area contributed by atoms with Gasteiger partial charge >= 0.3 is 0 Å². The van der Waals surface area contributed by atoms with Gasteiger partial charge in [0.05, 0.1) is 0 Å². The lowest BCUT2D eigenvalue weighted by molar-refractivity contribution is 0.732. The van der Waals surface area contributed by atoms with Crippen molar-refractivity contribution >= 4 is 0 Å². The van der Waals surface area contributed by atoms with E-state index in [0.717, 1.165) is 12.1 Å². The van der Waals surface area contributed by atoms with Crippen LogP contribution in [0, 0.1) is 5.92 Å². The van der Waals surface area contributed by atoms with Crippen LogP contribution in [0.1, 0.15) is 45.0 Å². The highest BCUT2D eigenvalue weighted by molar-refractivity contribution is 5.18. The van der Waals surface area contributed by atoms with Crippen molar-refractivity contribution in [1.82, 2.24) is 4.98 Å². The molecule has 0 aliphatic carbocycles. The molecule has 0 saturated heterocycles. The maximum atomic E-state index is 4.63. The fraction of sp³-hybridized carbons (Fsp3) is 0.500. The summed E-state index contributed by atoms with van der Waals surface area (Å²) in [6.07, 6.45) is 0.901. The molecule has 0 atom stereocenters. The number of hydrogen-bond donors (Lipinski definition) is 0. The summed E-state index contributed by atoms with van der Waals surface area (Å²) in [5, 5.41) is 0. The van der Waals surface area contributed by atoms with Crippen molar-refractivity contribution in [3.63, 3.8) is 0 Å². The average Bonchev–Trinajstić information content (AvgIpc) is 2.18. The van der Waals surface area contributed by atoms with Gasteiger partial charge in [0.25, 0.3) is 0 Å². The van der Waals surface area contributed by atoms with Crippen molar-refractivity contribution in [2.24, 2.45) is 5.92 Å². The highest BCUT2D eigenvalue weighted by Crippen LogP contribution is 2.16. The molecule has 0 unspecified atom stereocenters. The minimum Gasteiger partial charge on any atom is -0.257 e. The van der Waals surface area contributed by atoms with Gasteiger partial charge in [0, 0.05) is 17.8 Å². The largest absolute Gasteiger partial charge is 0.257 e. The van der Waals surface area contributed by atoms with Crippen molar-refractivity contribution in [3.8, 4) is 0 Å². The summed E-state index contributed by atoms with van der Waals surface area (Å²) < 4.78 is 0. The van der Waals surface area contributed by atoms with Crippen molar-refractivity contribution < 1.29 is 0 Å². The molecule has 1 heteroatoms. The number of rotatable bonds is 4. The predicted molar refractivity (Wildman–Crippen MR) is 66.0 cm³/mol. The molecule has 0 aliphatic heterocycles. The Bertz CT molecular complexity index is 337. The Labute approximate surface area is 93.2 Å². The molecule has 1 aromatic heterocycles. The van der Waals surface area contributed by atoms with Crippen molar-refractivity contribution in [2.75, 3.05) is 0 Å². The van der Waals surface area contributed by atoms with Gasteiger partial charge in [-0.3, -0.25) is 4.98 Å². The average molecular weight is 203 g/mol. The van der Waals surface area contributed by atoms with E-state index >= 15 is 0 Å². The zero-order valence-electron chi connectivity index (χ0n) is 10.2. The number of allylic oxidation sites excluding steroid dienone is 1. The lowest BCUT2D eigenvalue weighted by Crippen LogP contribution is -2.01. The van der Waals surface area contributed by atoms with Gasteiger partial charge in [0.15, 0.2) is 0 Å². The van der Waals surface area contributed by atoms with Gasteiger partial charge in [0.2, 0.25) is 0 Å². The maximum Gasteiger partial charge on any atom is 0.0447 e. The molecule has 0 aromatic carbocycles. The molecule has 0 N–H and O–H groups in total. The number of pyridine rings is 1. The van der Waals surface area contributed by atoms with Crippen LogP contribution >= 0.6 is 0 Å². The minimum atomic E-state index is 0.497. The van der Waals surface area contributed by atoms with Gasteiger partial charge in [-0.25, -0.2) is 0 Å². The van der Waals surface area contributed by atoms with Crippen LogP contribution < -0.4 is 0 Å². The lowest BCUT2D eigenvalue weighted by Gasteiger charge is -2.10. The van der Waals surface area contributed by atoms with Gasteiger partial charge in [-0.15, -0.1) is 0 Å². The Morgan fingerprint density at radius 3 is 2.47 bits per heavy atom. The quantitative estimate of drug-likeness (QED) is 0.675.